The van der Waals surface area contributed by atoms with Gasteiger partial charge in [-0.1, -0.05) is 22.4 Å². The number of anilines is 2. The van der Waals surface area contributed by atoms with Crippen molar-refractivity contribution in [2.24, 2.45) is 7.05 Å². The molecule has 2 aromatic rings. The molecule has 166 valence electrons. The second-order valence-electron chi connectivity index (χ2n) is 8.22. The van der Waals surface area contributed by atoms with Crippen molar-refractivity contribution in [1.82, 2.24) is 14.8 Å². The molecule has 1 atom stereocenters. The first-order chi connectivity index (χ1) is 14.7. The van der Waals surface area contributed by atoms with Gasteiger partial charge in [-0.3, -0.25) is 9.59 Å². The summed E-state index contributed by atoms with van der Waals surface area (Å²) in [5.41, 5.74) is -2.23. The van der Waals surface area contributed by atoms with Crippen molar-refractivity contribution in [3.05, 3.63) is 56.4 Å². The molecular weight excluding hydrogens is 474 g/mol. The number of rotatable bonds is 4. The smallest absolute Gasteiger partial charge is 0.288 e. The number of hydrogen-bond acceptors (Lipinski definition) is 4. The van der Waals surface area contributed by atoms with Gasteiger partial charge in [0.25, 0.3) is 11.5 Å². The monoisotopic (exact) mass is 497 g/mol. The number of likely N-dealkylation sites (tertiary alicyclic amines) is 1. The van der Waals surface area contributed by atoms with Gasteiger partial charge >= 0.3 is 0 Å². The van der Waals surface area contributed by atoms with Gasteiger partial charge in [0.15, 0.2) is 0 Å². The Morgan fingerprint density at radius 3 is 2.71 bits per heavy atom. The van der Waals surface area contributed by atoms with Crippen LogP contribution in [0.4, 0.5) is 20.2 Å². The molecule has 0 bridgehead atoms. The molecule has 4 rings (SSSR count). The van der Waals surface area contributed by atoms with E-state index in [1.807, 2.05) is 0 Å². The van der Waals surface area contributed by atoms with Crippen molar-refractivity contribution >= 4 is 33.2 Å². The van der Waals surface area contributed by atoms with Crippen LogP contribution in [-0.4, -0.2) is 51.8 Å². The molecule has 0 radical (unpaired) electrons. The Hall–Kier alpha value is -2.30. The van der Waals surface area contributed by atoms with Gasteiger partial charge in [-0.25, -0.2) is 4.39 Å². The Balaban J connectivity index is 1.62. The first kappa shape index (κ1) is 21.9. The number of carbonyl (C=O) groups excluding carboxylic acids is 1. The minimum absolute atomic E-state index is 0.0108. The summed E-state index contributed by atoms with van der Waals surface area (Å²) in [6, 6.07) is 4.16. The Kier molecular flexibility index (Phi) is 5.89. The molecule has 31 heavy (non-hydrogen) atoms. The maximum atomic E-state index is 14.9. The van der Waals surface area contributed by atoms with Crippen molar-refractivity contribution in [3.63, 3.8) is 0 Å². The summed E-state index contributed by atoms with van der Waals surface area (Å²) in [6.07, 6.45) is 4.25. The molecule has 0 spiro atoms. The van der Waals surface area contributed by atoms with Crippen LogP contribution >= 0.6 is 15.9 Å². The van der Waals surface area contributed by atoms with Crippen LogP contribution in [-0.2, 0) is 7.05 Å². The fraction of sp³-hybridized carbons (Fsp3) is 0.429. The van der Waals surface area contributed by atoms with Crippen molar-refractivity contribution in [2.75, 3.05) is 25.0 Å². The van der Waals surface area contributed by atoms with E-state index in [4.69, 9.17) is 5.11 Å². The number of piperidine rings is 1. The topological polar surface area (TPSA) is 89.3 Å². The molecular formula is C21H24BrF2N4O3+. The molecule has 2 aliphatic heterocycles. The molecule has 3 heterocycles. The number of aromatic nitrogens is 1. The zero-order valence-corrected chi connectivity index (χ0v) is 18.6. The fourth-order valence-corrected chi connectivity index (χ4v) is 4.53. The third kappa shape index (κ3) is 4.11. The molecule has 4 N–H and O–H groups in total. The molecule has 0 aliphatic carbocycles. The number of pyridine rings is 1. The maximum absolute atomic E-state index is 14.9. The van der Waals surface area contributed by atoms with Crippen LogP contribution in [0, 0.1) is 11.6 Å². The van der Waals surface area contributed by atoms with Gasteiger partial charge in [0.2, 0.25) is 11.4 Å². The molecule has 1 amide bonds. The highest BCUT2D eigenvalue weighted by Gasteiger charge is 2.54. The predicted octanol–water partition coefficient (Wildman–Crippen LogP) is 2.23. The quantitative estimate of drug-likeness (QED) is 0.633. The lowest BCUT2D eigenvalue weighted by Gasteiger charge is -2.47. The maximum Gasteiger partial charge on any atom is 0.288 e. The second kappa shape index (κ2) is 8.33. The van der Waals surface area contributed by atoms with E-state index in [1.54, 1.807) is 6.07 Å². The lowest BCUT2D eigenvalue weighted by Crippen LogP contribution is -2.72. The third-order valence-electron chi connectivity index (χ3n) is 5.95. The third-order valence-corrected chi connectivity index (χ3v) is 6.44. The lowest BCUT2D eigenvalue weighted by atomic mass is 9.81. The Morgan fingerprint density at radius 1 is 1.32 bits per heavy atom. The van der Waals surface area contributed by atoms with E-state index >= 15 is 0 Å². The molecule has 1 aromatic heterocycles. The SMILES string of the molecule is Cn1cc(C(=O)N2CC([OH2+])([C@@H]3CCCCN3)C2)c(Nc2ccc(Br)cc2F)c(F)c1=O. The van der Waals surface area contributed by atoms with Crippen LogP contribution in [0.1, 0.15) is 29.6 Å². The van der Waals surface area contributed by atoms with Crippen LogP contribution in [0.5, 0.6) is 0 Å². The van der Waals surface area contributed by atoms with E-state index in [1.165, 1.54) is 30.3 Å². The van der Waals surface area contributed by atoms with Crippen molar-refractivity contribution in [2.45, 2.75) is 30.9 Å². The highest BCUT2D eigenvalue weighted by molar-refractivity contribution is 9.10. The number of benzene rings is 1. The average molecular weight is 498 g/mol. The molecule has 1 aromatic carbocycles. The first-order valence-corrected chi connectivity index (χ1v) is 10.9. The second-order valence-corrected chi connectivity index (χ2v) is 9.13. The van der Waals surface area contributed by atoms with E-state index in [0.29, 0.717) is 4.47 Å². The Morgan fingerprint density at radius 2 is 2.06 bits per heavy atom. The lowest BCUT2D eigenvalue weighted by molar-refractivity contribution is -0.108. The first-order valence-electron chi connectivity index (χ1n) is 10.1. The van der Waals surface area contributed by atoms with Gasteiger partial charge in [0, 0.05) is 17.7 Å². The molecule has 2 aliphatic rings. The summed E-state index contributed by atoms with van der Waals surface area (Å²) in [6.45, 7) is 1.28. The zero-order chi connectivity index (χ0) is 22.3. The van der Waals surface area contributed by atoms with Gasteiger partial charge in [-0.2, -0.15) is 4.39 Å². The van der Waals surface area contributed by atoms with E-state index < -0.39 is 28.7 Å². The molecule has 2 fully saturated rings. The summed E-state index contributed by atoms with van der Waals surface area (Å²) in [4.78, 5) is 26.8. The van der Waals surface area contributed by atoms with Gasteiger partial charge < -0.3 is 25.2 Å². The number of aryl methyl sites for hydroxylation is 1. The van der Waals surface area contributed by atoms with Crippen LogP contribution in [0.2, 0.25) is 0 Å². The fourth-order valence-electron chi connectivity index (χ4n) is 4.20. The Bertz CT molecular complexity index is 1080. The van der Waals surface area contributed by atoms with Crippen molar-refractivity contribution in [3.8, 4) is 0 Å². The summed E-state index contributed by atoms with van der Waals surface area (Å²) in [5, 5.41) is 14.6. The van der Waals surface area contributed by atoms with Gasteiger partial charge in [0.1, 0.15) is 5.82 Å². The number of carbonyl (C=O) groups is 1. The molecule has 7 nitrogen and oxygen atoms in total. The van der Waals surface area contributed by atoms with Gasteiger partial charge in [0.05, 0.1) is 36.1 Å². The van der Waals surface area contributed by atoms with Crippen LogP contribution < -0.4 is 16.2 Å². The normalized spacial score (nSPS) is 20.3. The van der Waals surface area contributed by atoms with Crippen LogP contribution in [0.3, 0.4) is 0 Å². The Labute approximate surface area is 186 Å². The molecule has 0 saturated carbocycles. The van der Waals surface area contributed by atoms with E-state index in [-0.39, 0.29) is 36.1 Å². The predicted molar refractivity (Wildman–Crippen MR) is 117 cm³/mol. The molecule has 0 unspecified atom stereocenters. The largest absolute Gasteiger partial charge is 0.437 e. The summed E-state index contributed by atoms with van der Waals surface area (Å²) >= 11 is 3.16. The summed E-state index contributed by atoms with van der Waals surface area (Å²) < 4.78 is 30.6. The van der Waals surface area contributed by atoms with Gasteiger partial charge in [-0.05, 0) is 37.6 Å². The standard InChI is InChI=1S/C21H23BrF2N4O3/c1-27-9-13(19(29)28-10-21(31,11-28)16-4-2-3-7-25-16)18(17(24)20(27)30)26-15-6-5-12(22)8-14(15)23/h5-6,8-9,16,25-26,31H,2-4,7,10-11H2,1H3/p+1/t16-/m0/s1. The summed E-state index contributed by atoms with van der Waals surface area (Å²) in [7, 11) is 1.35. The van der Waals surface area contributed by atoms with E-state index in [0.717, 1.165) is 30.4 Å². The minimum atomic E-state index is -1.16. The van der Waals surface area contributed by atoms with Crippen molar-refractivity contribution in [1.29, 1.82) is 0 Å². The zero-order valence-electron chi connectivity index (χ0n) is 17.0. The number of nitrogens with one attached hydrogen (secondary N) is 2. The van der Waals surface area contributed by atoms with Crippen molar-refractivity contribution < 1.29 is 18.7 Å². The van der Waals surface area contributed by atoms with Crippen LogP contribution in [0.15, 0.2) is 33.7 Å². The molecule has 10 heteroatoms. The number of hydrogen-bond donors (Lipinski definition) is 2. The minimum Gasteiger partial charge on any atom is -0.437 e. The van der Waals surface area contributed by atoms with E-state index in [9.17, 15) is 18.4 Å². The average Bonchev–Trinajstić information content (AvgIpc) is 2.73. The number of halogens is 3. The van der Waals surface area contributed by atoms with E-state index in [2.05, 4.69) is 26.6 Å². The van der Waals surface area contributed by atoms with Gasteiger partial charge in [-0.15, -0.1) is 0 Å². The summed E-state index contributed by atoms with van der Waals surface area (Å²) in [5.74, 6) is -2.33. The number of amides is 1. The highest BCUT2D eigenvalue weighted by atomic mass is 79.9. The number of nitrogens with zero attached hydrogens (tertiary/aromatic N) is 2. The van der Waals surface area contributed by atoms with Crippen LogP contribution in [0.25, 0.3) is 0 Å². The molecule has 2 saturated heterocycles. The highest BCUT2D eigenvalue weighted by Crippen LogP contribution is 2.33.